The van der Waals surface area contributed by atoms with Gasteiger partial charge in [0.25, 0.3) is 0 Å². The number of ether oxygens (including phenoxy) is 1. The molecule has 0 bridgehead atoms. The van der Waals surface area contributed by atoms with Gasteiger partial charge in [0.15, 0.2) is 11.4 Å². The summed E-state index contributed by atoms with van der Waals surface area (Å²) in [6.45, 7) is 0. The summed E-state index contributed by atoms with van der Waals surface area (Å²) < 4.78 is 42.1. The van der Waals surface area contributed by atoms with Crippen molar-refractivity contribution in [3.05, 3.63) is 15.0 Å². The summed E-state index contributed by atoms with van der Waals surface area (Å²) in [5, 5.41) is 3.46. The van der Waals surface area contributed by atoms with Crippen molar-refractivity contribution in [1.29, 1.82) is 0 Å². The second kappa shape index (κ2) is 3.99. The predicted octanol–water partition coefficient (Wildman–Crippen LogP) is 1.83. The van der Waals surface area contributed by atoms with E-state index in [2.05, 4.69) is 9.84 Å². The smallest absolute Gasteiger partial charge is 0.434 e. The number of nitrogens with zero attached hydrogens (tertiary/aromatic N) is 2. The average Bonchev–Trinajstić information content (AvgIpc) is 2.39. The van der Waals surface area contributed by atoms with Gasteiger partial charge in [0, 0.05) is 7.05 Å². The Hall–Kier alpha value is -0.800. The number of rotatable bonds is 1. The Labute approximate surface area is 96.5 Å². The summed E-state index contributed by atoms with van der Waals surface area (Å²) in [7, 11) is 2.21. The average molecular weight is 334 g/mol. The maximum atomic E-state index is 12.5. The summed E-state index contributed by atoms with van der Waals surface area (Å²) >= 11 is 1.42. The number of halogens is 4. The molecule has 0 radical (unpaired) electrons. The number of carbonyl (C=O) groups excluding carboxylic acids is 1. The fourth-order valence-corrected chi connectivity index (χ4v) is 2.02. The maximum Gasteiger partial charge on any atom is 0.434 e. The highest BCUT2D eigenvalue weighted by atomic mass is 127. The SMILES string of the molecule is COC(=O)c1nn(C)c(C(F)(F)F)c1I. The summed E-state index contributed by atoms with van der Waals surface area (Å²) in [5.41, 5.74) is -1.28. The fourth-order valence-electron chi connectivity index (χ4n) is 1.03. The van der Waals surface area contributed by atoms with E-state index in [4.69, 9.17) is 0 Å². The Morgan fingerprint density at radius 3 is 2.40 bits per heavy atom. The third-order valence-electron chi connectivity index (χ3n) is 1.64. The van der Waals surface area contributed by atoms with Gasteiger partial charge in [-0.05, 0) is 22.6 Å². The highest BCUT2D eigenvalue weighted by Crippen LogP contribution is 2.33. The molecular weight excluding hydrogens is 328 g/mol. The van der Waals surface area contributed by atoms with Crippen LogP contribution in [0.25, 0.3) is 0 Å². The molecule has 0 aliphatic carbocycles. The molecule has 0 saturated carbocycles. The Morgan fingerprint density at radius 2 is 2.07 bits per heavy atom. The lowest BCUT2D eigenvalue weighted by Crippen LogP contribution is -2.13. The lowest BCUT2D eigenvalue weighted by atomic mass is 10.3. The monoisotopic (exact) mass is 334 g/mol. The van der Waals surface area contributed by atoms with Crippen LogP contribution < -0.4 is 0 Å². The molecule has 0 spiro atoms. The molecular formula is C7H6F3IN2O2. The molecule has 15 heavy (non-hydrogen) atoms. The molecule has 0 N–H and O–H groups in total. The normalized spacial score (nSPS) is 11.6. The van der Waals surface area contributed by atoms with Crippen LogP contribution in [0.3, 0.4) is 0 Å². The van der Waals surface area contributed by atoms with Crippen LogP contribution in [0.15, 0.2) is 0 Å². The van der Waals surface area contributed by atoms with E-state index in [0.29, 0.717) is 4.68 Å². The van der Waals surface area contributed by atoms with Gasteiger partial charge in [-0.25, -0.2) is 4.79 Å². The second-order valence-electron chi connectivity index (χ2n) is 2.62. The number of alkyl halides is 3. The van der Waals surface area contributed by atoms with Crippen molar-refractivity contribution in [3.8, 4) is 0 Å². The molecule has 1 aromatic rings. The lowest BCUT2D eigenvalue weighted by molar-refractivity contribution is -0.144. The maximum absolute atomic E-state index is 12.5. The van der Waals surface area contributed by atoms with Crippen molar-refractivity contribution in [2.75, 3.05) is 7.11 Å². The van der Waals surface area contributed by atoms with Crippen molar-refractivity contribution in [1.82, 2.24) is 9.78 Å². The van der Waals surface area contributed by atoms with Crippen LogP contribution in [0.4, 0.5) is 13.2 Å². The van der Waals surface area contributed by atoms with Crippen LogP contribution in [-0.2, 0) is 18.0 Å². The van der Waals surface area contributed by atoms with Gasteiger partial charge in [-0.1, -0.05) is 0 Å². The molecule has 0 aliphatic heterocycles. The lowest BCUT2D eigenvalue weighted by Gasteiger charge is -2.06. The first-order valence-electron chi connectivity index (χ1n) is 3.67. The van der Waals surface area contributed by atoms with Crippen LogP contribution in [0.5, 0.6) is 0 Å². The largest absolute Gasteiger partial charge is 0.464 e. The Morgan fingerprint density at radius 1 is 1.53 bits per heavy atom. The van der Waals surface area contributed by atoms with E-state index in [-0.39, 0.29) is 9.26 Å². The Kier molecular flexibility index (Phi) is 3.26. The molecule has 0 fully saturated rings. The van der Waals surface area contributed by atoms with Gasteiger partial charge >= 0.3 is 12.1 Å². The Bertz CT molecular complexity index is 400. The minimum absolute atomic E-state index is 0.255. The molecule has 1 aromatic heterocycles. The third-order valence-corrected chi connectivity index (χ3v) is 2.66. The topological polar surface area (TPSA) is 44.1 Å². The van der Waals surface area contributed by atoms with Gasteiger partial charge in [-0.2, -0.15) is 18.3 Å². The minimum atomic E-state index is -4.54. The molecule has 4 nitrogen and oxygen atoms in total. The standard InChI is InChI=1S/C7H6F3IN2O2/c1-13-5(7(8,9)10)3(11)4(12-13)6(14)15-2/h1-2H3. The fraction of sp³-hybridized carbons (Fsp3) is 0.429. The molecule has 1 rings (SSSR count). The quantitative estimate of drug-likeness (QED) is 0.581. The van der Waals surface area contributed by atoms with Gasteiger partial charge in [-0.3, -0.25) is 4.68 Å². The summed E-state index contributed by atoms with van der Waals surface area (Å²) in [5.74, 6) is -0.884. The van der Waals surface area contributed by atoms with Crippen LogP contribution in [0.2, 0.25) is 0 Å². The molecule has 0 amide bonds. The van der Waals surface area contributed by atoms with Crippen LogP contribution in [-0.4, -0.2) is 22.9 Å². The van der Waals surface area contributed by atoms with Crippen molar-refractivity contribution in [2.45, 2.75) is 6.18 Å². The van der Waals surface area contributed by atoms with Gasteiger partial charge in [0.05, 0.1) is 10.7 Å². The summed E-state index contributed by atoms with van der Waals surface area (Å²) in [4.78, 5) is 11.1. The molecule has 0 unspecified atom stereocenters. The van der Waals surface area contributed by atoms with Crippen LogP contribution in [0, 0.1) is 3.57 Å². The van der Waals surface area contributed by atoms with E-state index in [9.17, 15) is 18.0 Å². The van der Waals surface area contributed by atoms with Crippen molar-refractivity contribution in [3.63, 3.8) is 0 Å². The molecule has 84 valence electrons. The highest BCUT2D eigenvalue weighted by Gasteiger charge is 2.39. The first kappa shape index (κ1) is 12.3. The van der Waals surface area contributed by atoms with Gasteiger partial charge < -0.3 is 4.74 Å². The minimum Gasteiger partial charge on any atom is -0.464 e. The van der Waals surface area contributed by atoms with Crippen molar-refractivity contribution in [2.24, 2.45) is 7.05 Å². The number of aryl methyl sites for hydroxylation is 1. The Balaban J connectivity index is 3.33. The second-order valence-corrected chi connectivity index (χ2v) is 3.70. The van der Waals surface area contributed by atoms with E-state index in [1.54, 1.807) is 0 Å². The van der Waals surface area contributed by atoms with Gasteiger partial charge in [-0.15, -0.1) is 0 Å². The van der Waals surface area contributed by atoms with Gasteiger partial charge in [0.2, 0.25) is 0 Å². The molecule has 0 saturated heterocycles. The molecule has 8 heteroatoms. The number of methoxy groups -OCH3 is 1. The first-order chi connectivity index (χ1) is 6.79. The van der Waals surface area contributed by atoms with Crippen LogP contribution in [0.1, 0.15) is 16.2 Å². The number of hydrogen-bond donors (Lipinski definition) is 0. The van der Waals surface area contributed by atoms with E-state index >= 15 is 0 Å². The van der Waals surface area contributed by atoms with Crippen molar-refractivity contribution >= 4 is 28.6 Å². The molecule has 0 aromatic carbocycles. The van der Waals surface area contributed by atoms with Crippen LogP contribution >= 0.6 is 22.6 Å². The van der Waals surface area contributed by atoms with Crippen molar-refractivity contribution < 1.29 is 22.7 Å². The first-order valence-corrected chi connectivity index (χ1v) is 4.75. The number of aromatic nitrogens is 2. The van der Waals surface area contributed by atoms with E-state index in [1.165, 1.54) is 22.6 Å². The highest BCUT2D eigenvalue weighted by molar-refractivity contribution is 14.1. The molecule has 0 atom stereocenters. The van der Waals surface area contributed by atoms with E-state index < -0.39 is 17.8 Å². The molecule has 0 aliphatic rings. The number of hydrogen-bond acceptors (Lipinski definition) is 3. The summed E-state index contributed by atoms with van der Waals surface area (Å²) in [6.07, 6.45) is -4.54. The zero-order chi connectivity index (χ0) is 11.8. The zero-order valence-corrected chi connectivity index (χ0v) is 9.88. The summed E-state index contributed by atoms with van der Waals surface area (Å²) in [6, 6.07) is 0. The predicted molar refractivity (Wildman–Crippen MR) is 52.3 cm³/mol. The molecule has 1 heterocycles. The third kappa shape index (κ3) is 2.24. The number of carbonyl (C=O) groups is 1. The van der Waals surface area contributed by atoms with E-state index in [1.807, 2.05) is 0 Å². The zero-order valence-electron chi connectivity index (χ0n) is 7.72. The van der Waals surface area contributed by atoms with E-state index in [0.717, 1.165) is 14.2 Å². The van der Waals surface area contributed by atoms with Gasteiger partial charge in [0.1, 0.15) is 0 Å². The number of esters is 1.